The second-order valence-electron chi connectivity index (χ2n) is 5.88. The van der Waals surface area contributed by atoms with E-state index in [-0.39, 0.29) is 0 Å². The van der Waals surface area contributed by atoms with E-state index < -0.39 is 5.67 Å². The normalized spacial score (nSPS) is 28.9. The Hall–Kier alpha value is -1.67. The van der Waals surface area contributed by atoms with Crippen LogP contribution in [0.1, 0.15) is 35.6 Å². The molecule has 0 bridgehead atoms. The van der Waals surface area contributed by atoms with E-state index in [2.05, 4.69) is 11.0 Å². The standard InChI is InChI=1S/C18H18FN/c19-18(14-7-2-1-3-8-14)13-20-12-6-11-17(20)15-9-4-5-10-16(15)18/h1-5,7-10,17H,6,11-13H2/t17-,18+/m0/s1. The first-order valence-electron chi connectivity index (χ1n) is 7.37. The number of halogens is 1. The van der Waals surface area contributed by atoms with Crippen molar-refractivity contribution in [2.45, 2.75) is 24.6 Å². The van der Waals surface area contributed by atoms with Crippen molar-refractivity contribution in [3.05, 3.63) is 71.3 Å². The van der Waals surface area contributed by atoms with Crippen molar-refractivity contribution in [1.29, 1.82) is 0 Å². The number of alkyl halides is 1. The van der Waals surface area contributed by atoms with Crippen LogP contribution in [0.2, 0.25) is 0 Å². The van der Waals surface area contributed by atoms with Crippen LogP contribution < -0.4 is 0 Å². The molecular weight excluding hydrogens is 249 g/mol. The van der Waals surface area contributed by atoms with Gasteiger partial charge in [0.2, 0.25) is 0 Å². The van der Waals surface area contributed by atoms with Gasteiger partial charge in [-0.3, -0.25) is 4.90 Å². The third kappa shape index (κ3) is 1.64. The van der Waals surface area contributed by atoms with Gasteiger partial charge in [-0.15, -0.1) is 0 Å². The molecule has 20 heavy (non-hydrogen) atoms. The summed E-state index contributed by atoms with van der Waals surface area (Å²) in [6.07, 6.45) is 2.33. The summed E-state index contributed by atoms with van der Waals surface area (Å²) in [6, 6.07) is 18.1. The molecule has 0 unspecified atom stereocenters. The van der Waals surface area contributed by atoms with Crippen LogP contribution in [0.25, 0.3) is 0 Å². The minimum Gasteiger partial charge on any atom is -0.292 e. The van der Waals surface area contributed by atoms with Gasteiger partial charge in [-0.2, -0.15) is 0 Å². The fraction of sp³-hybridized carbons (Fsp3) is 0.333. The Bertz CT molecular complexity index is 624. The maximum atomic E-state index is 15.9. The van der Waals surface area contributed by atoms with Gasteiger partial charge in [0.15, 0.2) is 5.67 Å². The van der Waals surface area contributed by atoms with E-state index in [1.807, 2.05) is 48.5 Å². The monoisotopic (exact) mass is 267 g/mol. The Kier molecular flexibility index (Phi) is 2.67. The molecule has 0 spiro atoms. The van der Waals surface area contributed by atoms with Crippen molar-refractivity contribution in [2.24, 2.45) is 0 Å². The molecule has 1 saturated heterocycles. The zero-order valence-electron chi connectivity index (χ0n) is 11.4. The van der Waals surface area contributed by atoms with Crippen LogP contribution in [0.4, 0.5) is 4.39 Å². The second-order valence-corrected chi connectivity index (χ2v) is 5.88. The molecule has 102 valence electrons. The summed E-state index contributed by atoms with van der Waals surface area (Å²) < 4.78 is 15.9. The Morgan fingerprint density at radius 2 is 1.75 bits per heavy atom. The first-order valence-corrected chi connectivity index (χ1v) is 7.37. The lowest BCUT2D eigenvalue weighted by atomic mass is 9.79. The molecule has 2 heteroatoms. The SMILES string of the molecule is F[C@@]1(c2ccccc2)CN2CCC[C@H]2c2ccccc21. The quantitative estimate of drug-likeness (QED) is 0.753. The minimum absolute atomic E-state index is 0.416. The summed E-state index contributed by atoms with van der Waals surface area (Å²) >= 11 is 0. The molecule has 2 aromatic rings. The van der Waals surface area contributed by atoms with Crippen LogP contribution in [0, 0.1) is 0 Å². The van der Waals surface area contributed by atoms with Gasteiger partial charge in [0, 0.05) is 12.6 Å². The Labute approximate surface area is 119 Å². The number of fused-ring (bicyclic) bond motifs is 3. The maximum Gasteiger partial charge on any atom is 0.173 e. The van der Waals surface area contributed by atoms with E-state index in [4.69, 9.17) is 0 Å². The van der Waals surface area contributed by atoms with E-state index in [9.17, 15) is 0 Å². The van der Waals surface area contributed by atoms with E-state index in [0.29, 0.717) is 12.6 Å². The van der Waals surface area contributed by atoms with Crippen molar-refractivity contribution < 1.29 is 4.39 Å². The number of rotatable bonds is 1. The van der Waals surface area contributed by atoms with Crippen LogP contribution in [0.5, 0.6) is 0 Å². The van der Waals surface area contributed by atoms with Crippen LogP contribution in [0.3, 0.4) is 0 Å². The highest BCUT2D eigenvalue weighted by molar-refractivity contribution is 5.45. The molecule has 2 aromatic carbocycles. The molecule has 0 radical (unpaired) electrons. The van der Waals surface area contributed by atoms with Gasteiger partial charge in [-0.1, -0.05) is 54.6 Å². The lowest BCUT2D eigenvalue weighted by molar-refractivity contribution is 0.0954. The lowest BCUT2D eigenvalue weighted by Gasteiger charge is -2.41. The summed E-state index contributed by atoms with van der Waals surface area (Å²) in [4.78, 5) is 2.31. The molecule has 0 aromatic heterocycles. The molecule has 1 nitrogen and oxygen atoms in total. The van der Waals surface area contributed by atoms with E-state index >= 15 is 4.39 Å². The number of hydrogen-bond donors (Lipinski definition) is 0. The number of benzene rings is 2. The zero-order chi connectivity index (χ0) is 13.6. The molecule has 4 rings (SSSR count). The predicted octanol–water partition coefficient (Wildman–Crippen LogP) is 4.05. The zero-order valence-corrected chi connectivity index (χ0v) is 11.4. The molecular formula is C18H18FN. The molecule has 1 fully saturated rings. The summed E-state index contributed by atoms with van der Waals surface area (Å²) in [6.45, 7) is 1.50. The molecule has 0 saturated carbocycles. The van der Waals surface area contributed by atoms with Crippen molar-refractivity contribution in [2.75, 3.05) is 13.1 Å². The third-order valence-corrected chi connectivity index (χ3v) is 4.76. The van der Waals surface area contributed by atoms with Crippen molar-refractivity contribution >= 4 is 0 Å². The van der Waals surface area contributed by atoms with Gasteiger partial charge in [-0.25, -0.2) is 4.39 Å². The van der Waals surface area contributed by atoms with Gasteiger partial charge in [0.1, 0.15) is 0 Å². The highest BCUT2D eigenvalue weighted by Crippen LogP contribution is 2.48. The van der Waals surface area contributed by atoms with Crippen LogP contribution in [0.15, 0.2) is 54.6 Å². The van der Waals surface area contributed by atoms with Gasteiger partial charge in [0.25, 0.3) is 0 Å². The average Bonchev–Trinajstić information content (AvgIpc) is 2.97. The van der Waals surface area contributed by atoms with Crippen molar-refractivity contribution in [1.82, 2.24) is 4.90 Å². The summed E-state index contributed by atoms with van der Waals surface area (Å²) in [5.41, 5.74) is 1.45. The van der Waals surface area contributed by atoms with Gasteiger partial charge >= 0.3 is 0 Å². The third-order valence-electron chi connectivity index (χ3n) is 4.76. The Balaban J connectivity index is 1.91. The highest BCUT2D eigenvalue weighted by atomic mass is 19.1. The summed E-state index contributed by atoms with van der Waals surface area (Å²) in [5.74, 6) is 0. The first-order chi connectivity index (χ1) is 9.79. The summed E-state index contributed by atoms with van der Waals surface area (Å²) in [7, 11) is 0. The molecule has 0 N–H and O–H groups in total. The molecule has 2 aliphatic rings. The smallest absolute Gasteiger partial charge is 0.173 e. The van der Waals surface area contributed by atoms with Gasteiger partial charge < -0.3 is 0 Å². The number of nitrogens with zero attached hydrogens (tertiary/aromatic N) is 1. The lowest BCUT2D eigenvalue weighted by Crippen LogP contribution is -2.44. The molecule has 2 aliphatic heterocycles. The van der Waals surface area contributed by atoms with Crippen molar-refractivity contribution in [3.63, 3.8) is 0 Å². The predicted molar refractivity (Wildman–Crippen MR) is 78.3 cm³/mol. The van der Waals surface area contributed by atoms with Gasteiger partial charge in [0.05, 0.1) is 0 Å². The number of hydrogen-bond acceptors (Lipinski definition) is 1. The topological polar surface area (TPSA) is 3.24 Å². The van der Waals surface area contributed by atoms with E-state index in [1.165, 1.54) is 12.0 Å². The maximum absolute atomic E-state index is 15.9. The minimum atomic E-state index is -1.38. The largest absolute Gasteiger partial charge is 0.292 e. The van der Waals surface area contributed by atoms with Crippen LogP contribution in [-0.4, -0.2) is 18.0 Å². The van der Waals surface area contributed by atoms with Crippen LogP contribution in [-0.2, 0) is 5.67 Å². The average molecular weight is 267 g/mol. The first kappa shape index (κ1) is 12.1. The van der Waals surface area contributed by atoms with E-state index in [0.717, 1.165) is 24.1 Å². The fourth-order valence-electron chi connectivity index (χ4n) is 3.83. The molecule has 0 aliphatic carbocycles. The molecule has 0 amide bonds. The Morgan fingerprint density at radius 3 is 2.60 bits per heavy atom. The molecule has 2 atom stereocenters. The highest BCUT2D eigenvalue weighted by Gasteiger charge is 2.46. The van der Waals surface area contributed by atoms with Crippen LogP contribution >= 0.6 is 0 Å². The second kappa shape index (κ2) is 4.42. The summed E-state index contributed by atoms with van der Waals surface area (Å²) in [5, 5.41) is 0. The molecule has 2 heterocycles. The van der Waals surface area contributed by atoms with E-state index in [1.54, 1.807) is 0 Å². The fourth-order valence-corrected chi connectivity index (χ4v) is 3.83. The van der Waals surface area contributed by atoms with Crippen molar-refractivity contribution in [3.8, 4) is 0 Å². The Morgan fingerprint density at radius 1 is 1.00 bits per heavy atom. The van der Waals surface area contributed by atoms with Gasteiger partial charge in [-0.05, 0) is 36.1 Å².